The Balaban J connectivity index is 1.47. The van der Waals surface area contributed by atoms with Gasteiger partial charge < -0.3 is 15.0 Å². The molecular weight excluding hydrogens is 410 g/mol. The van der Waals surface area contributed by atoms with Crippen molar-refractivity contribution in [3.05, 3.63) is 95.6 Å². The summed E-state index contributed by atoms with van der Waals surface area (Å²) in [5.74, 6) is 0.745. The van der Waals surface area contributed by atoms with Crippen LogP contribution in [0.25, 0.3) is 11.2 Å². The van der Waals surface area contributed by atoms with Gasteiger partial charge in [0.25, 0.3) is 0 Å². The maximum absolute atomic E-state index is 9.85. The number of benzene rings is 2. The van der Waals surface area contributed by atoms with Crippen LogP contribution in [0.4, 0.5) is 5.82 Å². The molecule has 0 fully saturated rings. The second-order valence-electron chi connectivity index (χ2n) is 7.68. The Bertz CT molecular complexity index is 1170. The van der Waals surface area contributed by atoms with Crippen LogP contribution in [0.3, 0.4) is 0 Å². The Morgan fingerprint density at radius 2 is 1.68 bits per heavy atom. The van der Waals surface area contributed by atoms with Crippen molar-refractivity contribution in [3.8, 4) is 0 Å². The van der Waals surface area contributed by atoms with Crippen molar-refractivity contribution in [1.29, 1.82) is 0 Å². The topological polar surface area (TPSA) is 75.9 Å². The first-order valence-corrected chi connectivity index (χ1v) is 10.7. The maximum Gasteiger partial charge on any atom is 0.226 e. The highest BCUT2D eigenvalue weighted by Gasteiger charge is 2.23. The van der Waals surface area contributed by atoms with Gasteiger partial charge in [-0.3, -0.25) is 0 Å². The summed E-state index contributed by atoms with van der Waals surface area (Å²) in [4.78, 5) is 13.4. The van der Waals surface area contributed by atoms with Gasteiger partial charge in [0.1, 0.15) is 0 Å². The molecule has 7 heteroatoms. The average molecular weight is 432 g/mol. The Morgan fingerprint density at radius 3 is 2.29 bits per heavy atom. The molecule has 2 aromatic carbocycles. The molecule has 2 aromatic heterocycles. The minimum absolute atomic E-state index is 0.000188. The molecule has 4 aromatic rings. The molecule has 0 radical (unpaired) electrons. The van der Waals surface area contributed by atoms with E-state index in [9.17, 15) is 5.11 Å². The van der Waals surface area contributed by atoms with E-state index in [-0.39, 0.29) is 17.2 Å². The van der Waals surface area contributed by atoms with Crippen LogP contribution < -0.4 is 5.32 Å². The summed E-state index contributed by atoms with van der Waals surface area (Å²) in [6.07, 6.45) is 5.65. The predicted molar refractivity (Wildman–Crippen MR) is 122 cm³/mol. The van der Waals surface area contributed by atoms with Gasteiger partial charge in [0.05, 0.1) is 18.5 Å². The van der Waals surface area contributed by atoms with E-state index in [2.05, 4.69) is 68.8 Å². The summed E-state index contributed by atoms with van der Waals surface area (Å²) in [5.41, 5.74) is 3.75. The second-order valence-corrected chi connectivity index (χ2v) is 8.01. The molecule has 0 spiro atoms. The van der Waals surface area contributed by atoms with Gasteiger partial charge in [-0.1, -0.05) is 72.8 Å². The third kappa shape index (κ3) is 4.04. The van der Waals surface area contributed by atoms with Crippen molar-refractivity contribution in [3.63, 3.8) is 0 Å². The Labute approximate surface area is 185 Å². The van der Waals surface area contributed by atoms with Gasteiger partial charge in [0.15, 0.2) is 17.0 Å². The van der Waals surface area contributed by atoms with Gasteiger partial charge >= 0.3 is 0 Å². The van der Waals surface area contributed by atoms with Crippen LogP contribution in [0.2, 0.25) is 5.28 Å². The Kier molecular flexibility index (Phi) is 5.40. The van der Waals surface area contributed by atoms with E-state index in [1.807, 2.05) is 22.8 Å². The number of rotatable bonds is 6. The predicted octanol–water partition coefficient (Wildman–Crippen LogP) is 4.59. The number of nitrogens with zero attached hydrogens (tertiary/aromatic N) is 4. The first-order chi connectivity index (χ1) is 15.2. The van der Waals surface area contributed by atoms with Gasteiger partial charge in [-0.25, -0.2) is 4.98 Å². The van der Waals surface area contributed by atoms with Crippen molar-refractivity contribution in [2.45, 2.75) is 24.5 Å². The zero-order valence-corrected chi connectivity index (χ0v) is 17.5. The minimum Gasteiger partial charge on any atom is -0.389 e. The Hall–Kier alpha value is -3.22. The highest BCUT2D eigenvalue weighted by atomic mass is 35.5. The van der Waals surface area contributed by atoms with Gasteiger partial charge in [0, 0.05) is 18.9 Å². The largest absolute Gasteiger partial charge is 0.389 e. The average Bonchev–Trinajstić information content (AvgIpc) is 3.41. The molecule has 0 saturated heterocycles. The number of imidazole rings is 1. The lowest BCUT2D eigenvalue weighted by Crippen LogP contribution is -2.15. The molecule has 2 atom stereocenters. The molecule has 0 bridgehead atoms. The van der Waals surface area contributed by atoms with Crippen LogP contribution in [0.1, 0.15) is 29.5 Å². The van der Waals surface area contributed by atoms with Crippen molar-refractivity contribution >= 4 is 28.6 Å². The summed E-state index contributed by atoms with van der Waals surface area (Å²) in [6.45, 7) is 0.630. The van der Waals surface area contributed by atoms with E-state index in [0.717, 1.165) is 0 Å². The number of aliphatic hydroxyl groups is 1. The molecule has 6 nitrogen and oxygen atoms in total. The van der Waals surface area contributed by atoms with Crippen LogP contribution in [0.15, 0.2) is 79.1 Å². The number of halogens is 1. The summed E-state index contributed by atoms with van der Waals surface area (Å²) < 4.78 is 1.94. The summed E-state index contributed by atoms with van der Waals surface area (Å²) in [7, 11) is 0. The molecule has 0 unspecified atom stereocenters. The number of nitrogens with one attached hydrogen (secondary N) is 1. The highest BCUT2D eigenvalue weighted by molar-refractivity contribution is 6.28. The van der Waals surface area contributed by atoms with E-state index < -0.39 is 6.10 Å². The fraction of sp³-hybridized carbons (Fsp3) is 0.208. The zero-order valence-electron chi connectivity index (χ0n) is 16.8. The standard InChI is InChI=1S/C24H22ClN5O/c25-24-28-22(21-23(29-24)30(15-27-21)18-11-12-19(31)13-18)26-14-20(16-7-3-1-4-8-16)17-9-5-2-6-10-17/h1-12,15,18-20,31H,13-14H2,(H,26,28,29)/t18-,19+/m0/s1. The van der Waals surface area contributed by atoms with E-state index in [1.165, 1.54) is 11.1 Å². The van der Waals surface area contributed by atoms with Crippen LogP contribution >= 0.6 is 11.6 Å². The molecule has 1 aliphatic carbocycles. The smallest absolute Gasteiger partial charge is 0.226 e. The lowest BCUT2D eigenvalue weighted by Gasteiger charge is -2.19. The van der Waals surface area contributed by atoms with E-state index in [0.29, 0.717) is 29.9 Å². The number of fused-ring (bicyclic) bond motifs is 1. The normalized spacial score (nSPS) is 18.2. The molecular formula is C24H22ClN5O. The summed E-state index contributed by atoms with van der Waals surface area (Å²) >= 11 is 6.27. The molecule has 0 amide bonds. The molecule has 2 heterocycles. The number of aliphatic hydroxyl groups excluding tert-OH is 1. The molecule has 2 N–H and O–H groups in total. The van der Waals surface area contributed by atoms with Gasteiger partial charge in [-0.15, -0.1) is 0 Å². The van der Waals surface area contributed by atoms with E-state index >= 15 is 0 Å². The van der Waals surface area contributed by atoms with Crippen molar-refractivity contribution < 1.29 is 5.11 Å². The highest BCUT2D eigenvalue weighted by Crippen LogP contribution is 2.30. The molecule has 0 aliphatic heterocycles. The molecule has 1 aliphatic rings. The first kappa shape index (κ1) is 19.7. The van der Waals surface area contributed by atoms with Gasteiger partial charge in [-0.2, -0.15) is 9.97 Å². The SMILES string of the molecule is O[C@@H]1C=C[C@H](n2cnc3c(NCC(c4ccccc4)c4ccccc4)nc(Cl)nc32)C1. The van der Waals surface area contributed by atoms with Crippen molar-refractivity contribution in [1.82, 2.24) is 19.5 Å². The summed E-state index contributed by atoms with van der Waals surface area (Å²) in [6, 6.07) is 20.8. The lowest BCUT2D eigenvalue weighted by atomic mass is 9.91. The van der Waals surface area contributed by atoms with Crippen molar-refractivity contribution in [2.24, 2.45) is 0 Å². The monoisotopic (exact) mass is 431 g/mol. The molecule has 5 rings (SSSR count). The lowest BCUT2D eigenvalue weighted by molar-refractivity contribution is 0.211. The van der Waals surface area contributed by atoms with Crippen LogP contribution in [-0.2, 0) is 0 Å². The third-order valence-electron chi connectivity index (χ3n) is 5.67. The Morgan fingerprint density at radius 1 is 1.00 bits per heavy atom. The second kappa shape index (κ2) is 8.49. The molecule has 156 valence electrons. The van der Waals surface area contributed by atoms with Gasteiger partial charge in [-0.05, 0) is 22.7 Å². The minimum atomic E-state index is -0.449. The van der Waals surface area contributed by atoms with Crippen LogP contribution in [0, 0.1) is 0 Å². The molecule has 31 heavy (non-hydrogen) atoms. The maximum atomic E-state index is 9.85. The fourth-order valence-electron chi connectivity index (χ4n) is 4.12. The number of allylic oxidation sites excluding steroid dienone is 1. The van der Waals surface area contributed by atoms with Crippen LogP contribution in [0.5, 0.6) is 0 Å². The van der Waals surface area contributed by atoms with E-state index in [4.69, 9.17) is 11.6 Å². The van der Waals surface area contributed by atoms with Gasteiger partial charge in [0.2, 0.25) is 5.28 Å². The van der Waals surface area contributed by atoms with E-state index in [1.54, 1.807) is 12.4 Å². The number of hydrogen-bond acceptors (Lipinski definition) is 5. The van der Waals surface area contributed by atoms with Crippen molar-refractivity contribution in [2.75, 3.05) is 11.9 Å². The number of hydrogen-bond donors (Lipinski definition) is 2. The number of anilines is 1. The van der Waals surface area contributed by atoms with Crippen LogP contribution in [-0.4, -0.2) is 37.3 Å². The fourth-order valence-corrected chi connectivity index (χ4v) is 4.29. The zero-order chi connectivity index (χ0) is 21.2. The third-order valence-corrected chi connectivity index (χ3v) is 5.84. The number of aromatic nitrogens is 4. The first-order valence-electron chi connectivity index (χ1n) is 10.3. The quantitative estimate of drug-likeness (QED) is 0.345. The molecule has 0 saturated carbocycles. The summed E-state index contributed by atoms with van der Waals surface area (Å²) in [5, 5.41) is 13.5.